The van der Waals surface area contributed by atoms with Gasteiger partial charge in [0.1, 0.15) is 12.7 Å². The van der Waals surface area contributed by atoms with E-state index in [4.69, 9.17) is 59.2 Å². The molecule has 1 aromatic carbocycles. The molecular weight excluding hydrogens is 413 g/mol. The van der Waals surface area contributed by atoms with Gasteiger partial charge in [-0.15, -0.1) is 16.5 Å². The van der Waals surface area contributed by atoms with Crippen LogP contribution in [0.25, 0.3) is 0 Å². The Balaban J connectivity index is 0.000000640. The molecule has 150 valence electrons. The second-order valence-electron chi connectivity index (χ2n) is 5.62. The molecule has 0 saturated carbocycles. The Bertz CT molecular complexity index is 823. The van der Waals surface area contributed by atoms with Gasteiger partial charge in [-0.25, -0.2) is 4.98 Å². The molecule has 1 aliphatic heterocycles. The van der Waals surface area contributed by atoms with E-state index in [1.54, 1.807) is 24.7 Å². The van der Waals surface area contributed by atoms with Crippen molar-refractivity contribution < 1.29 is 24.5 Å². The Hall–Kier alpha value is -2.35. The van der Waals surface area contributed by atoms with Crippen LogP contribution in [0.1, 0.15) is 5.56 Å². The molecule has 1 saturated heterocycles. The van der Waals surface area contributed by atoms with Gasteiger partial charge in [-0.3, -0.25) is 0 Å². The van der Waals surface area contributed by atoms with Crippen LogP contribution in [0.4, 0.5) is 0 Å². The van der Waals surface area contributed by atoms with Crippen LogP contribution in [-0.2, 0) is 26.5 Å². The van der Waals surface area contributed by atoms with E-state index in [2.05, 4.69) is 10.9 Å². The maximum atomic E-state index is 8.36. The minimum Gasteiger partial charge on any atom is -0.366 e. The van der Waals surface area contributed by atoms with Crippen molar-refractivity contribution in [3.63, 3.8) is 0 Å². The number of rotatable bonds is 6. The van der Waals surface area contributed by atoms with E-state index in [-0.39, 0.29) is 12.7 Å². The summed E-state index contributed by atoms with van der Waals surface area (Å²) in [6.45, 7) is 1.36. The molecule has 2 atom stereocenters. The van der Waals surface area contributed by atoms with E-state index in [9.17, 15) is 0 Å². The van der Waals surface area contributed by atoms with Crippen molar-refractivity contribution in [3.05, 3.63) is 62.6 Å². The smallest absolute Gasteiger partial charge is 0.291 e. The molecule has 2 heterocycles. The molecule has 0 spiro atoms. The van der Waals surface area contributed by atoms with Gasteiger partial charge in [0.2, 0.25) is 5.79 Å². The predicted molar refractivity (Wildman–Crippen MR) is 99.6 cm³/mol. The van der Waals surface area contributed by atoms with E-state index in [0.29, 0.717) is 35.4 Å². The summed E-state index contributed by atoms with van der Waals surface area (Å²) >= 11 is 12.4. The number of benzene rings is 1. The lowest BCUT2D eigenvalue weighted by Crippen LogP contribution is -2.34. The summed E-state index contributed by atoms with van der Waals surface area (Å²) in [6.07, 6.45) is 10.2. The number of ether oxygens (including phenoxy) is 3. The first-order valence-corrected chi connectivity index (χ1v) is 8.69. The molecule has 2 aromatic rings. The highest BCUT2D eigenvalue weighted by Gasteiger charge is 2.45. The summed E-state index contributed by atoms with van der Waals surface area (Å²) in [5, 5.41) is 14.7. The summed E-state index contributed by atoms with van der Waals surface area (Å²) in [5.41, 5.74) is 0.710. The molecule has 1 aliphatic rings. The largest absolute Gasteiger partial charge is 0.366 e. The van der Waals surface area contributed by atoms with Gasteiger partial charge in [0.25, 0.3) is 5.09 Å². The molecule has 0 aliphatic carbocycles. The zero-order valence-corrected chi connectivity index (χ0v) is 16.0. The summed E-state index contributed by atoms with van der Waals surface area (Å²) in [4.78, 5) is 12.4. The van der Waals surface area contributed by atoms with Gasteiger partial charge in [-0.2, -0.15) is 0 Å². The summed E-state index contributed by atoms with van der Waals surface area (Å²) < 4.78 is 19.5. The minimum absolute atomic E-state index is 0.232. The van der Waals surface area contributed by atoms with Crippen LogP contribution in [0.2, 0.25) is 10.0 Å². The second-order valence-corrected chi connectivity index (χ2v) is 6.46. The van der Waals surface area contributed by atoms with Crippen molar-refractivity contribution >= 4 is 23.2 Å². The van der Waals surface area contributed by atoms with Crippen molar-refractivity contribution in [2.24, 2.45) is 0 Å². The number of hydrogen-bond acceptors (Lipinski definition) is 6. The third-order valence-corrected chi connectivity index (χ3v) is 4.19. The predicted octanol–water partition coefficient (Wildman–Crippen LogP) is 2.76. The standard InChI is InChI=1S/C17H16Cl2N2O3.HNO3/c1-2-7-22-9-14-10-23-17(24-14,11-21-6-5-20-12-21)15-4-3-13(18)8-16(15)19;2-1(3)4/h1,3-6,8,12,14H,7,9-11H2;(H,2,3,4). The molecular formula is C17H17Cl2N3O6. The highest BCUT2D eigenvalue weighted by Crippen LogP contribution is 2.40. The summed E-state index contributed by atoms with van der Waals surface area (Å²) in [6, 6.07) is 5.24. The molecule has 11 heteroatoms. The van der Waals surface area contributed by atoms with Crippen LogP contribution in [0.15, 0.2) is 36.9 Å². The van der Waals surface area contributed by atoms with Gasteiger partial charge in [0.15, 0.2) is 0 Å². The van der Waals surface area contributed by atoms with Crippen molar-refractivity contribution in [1.29, 1.82) is 0 Å². The van der Waals surface area contributed by atoms with Crippen LogP contribution >= 0.6 is 23.2 Å². The number of halogens is 2. The lowest BCUT2D eigenvalue weighted by molar-refractivity contribution is -0.742. The molecule has 9 nitrogen and oxygen atoms in total. The molecule has 1 fully saturated rings. The van der Waals surface area contributed by atoms with E-state index in [1.807, 2.05) is 16.8 Å². The Kier molecular flexibility index (Phi) is 8.04. The molecule has 28 heavy (non-hydrogen) atoms. The first-order valence-electron chi connectivity index (χ1n) is 7.94. The Labute approximate surface area is 170 Å². The Morgan fingerprint density at radius 2 is 2.29 bits per heavy atom. The molecule has 1 aromatic heterocycles. The second kappa shape index (κ2) is 10.3. The normalized spacial score (nSPS) is 20.8. The minimum atomic E-state index is -1.50. The molecule has 2 unspecified atom stereocenters. The molecule has 0 amide bonds. The topological polar surface area (TPSA) is 109 Å². The highest BCUT2D eigenvalue weighted by atomic mass is 35.5. The zero-order valence-electron chi connectivity index (χ0n) is 14.5. The molecule has 0 bridgehead atoms. The fraction of sp³-hybridized carbons (Fsp3) is 0.353. The first-order chi connectivity index (χ1) is 13.4. The number of hydrogen-bond donors (Lipinski definition) is 1. The highest BCUT2D eigenvalue weighted by molar-refractivity contribution is 6.35. The van der Waals surface area contributed by atoms with E-state index < -0.39 is 10.9 Å². The van der Waals surface area contributed by atoms with Crippen LogP contribution in [0, 0.1) is 22.5 Å². The lowest BCUT2D eigenvalue weighted by atomic mass is 10.1. The SMILES string of the molecule is C#CCOCC1COC(Cn2ccnc2)(c2ccc(Cl)cc2Cl)O1.O=[N+]([O-])O. The van der Waals surface area contributed by atoms with Crippen LogP contribution < -0.4 is 0 Å². The van der Waals surface area contributed by atoms with Crippen LogP contribution in [0.5, 0.6) is 0 Å². The van der Waals surface area contributed by atoms with E-state index in [0.717, 1.165) is 0 Å². The Morgan fingerprint density at radius 3 is 2.89 bits per heavy atom. The van der Waals surface area contributed by atoms with Crippen molar-refractivity contribution in [2.75, 3.05) is 19.8 Å². The van der Waals surface area contributed by atoms with Gasteiger partial charge in [-0.1, -0.05) is 35.2 Å². The van der Waals surface area contributed by atoms with E-state index in [1.165, 1.54) is 0 Å². The van der Waals surface area contributed by atoms with Gasteiger partial charge >= 0.3 is 0 Å². The molecule has 3 rings (SSSR count). The average molecular weight is 430 g/mol. The van der Waals surface area contributed by atoms with Crippen LogP contribution in [-0.4, -0.2) is 45.8 Å². The fourth-order valence-corrected chi connectivity index (χ4v) is 3.18. The number of imidazole rings is 1. The third kappa shape index (κ3) is 6.09. The third-order valence-electron chi connectivity index (χ3n) is 3.64. The fourth-order valence-electron chi connectivity index (χ4n) is 2.62. The summed E-state index contributed by atoms with van der Waals surface area (Å²) in [5.74, 6) is 1.39. The van der Waals surface area contributed by atoms with Crippen molar-refractivity contribution in [3.8, 4) is 12.3 Å². The maximum Gasteiger partial charge on any atom is 0.291 e. The van der Waals surface area contributed by atoms with Gasteiger partial charge in [0.05, 0.1) is 31.1 Å². The Morgan fingerprint density at radius 1 is 1.54 bits per heavy atom. The van der Waals surface area contributed by atoms with Gasteiger partial charge < -0.3 is 24.0 Å². The number of aromatic nitrogens is 2. The molecule has 0 radical (unpaired) electrons. The van der Waals surface area contributed by atoms with Crippen molar-refractivity contribution in [1.82, 2.24) is 9.55 Å². The monoisotopic (exact) mass is 429 g/mol. The first kappa shape index (κ1) is 21.9. The molecule has 1 N–H and O–H groups in total. The van der Waals surface area contributed by atoms with Crippen LogP contribution in [0.3, 0.4) is 0 Å². The van der Waals surface area contributed by atoms with Gasteiger partial charge in [0, 0.05) is 23.0 Å². The number of terminal acetylenes is 1. The van der Waals surface area contributed by atoms with E-state index >= 15 is 0 Å². The zero-order chi connectivity index (χ0) is 20.6. The average Bonchev–Trinajstić information content (AvgIpc) is 3.26. The van der Waals surface area contributed by atoms with Gasteiger partial charge in [-0.05, 0) is 12.1 Å². The maximum absolute atomic E-state index is 8.36. The quantitative estimate of drug-likeness (QED) is 0.325. The van der Waals surface area contributed by atoms with Crippen molar-refractivity contribution in [2.45, 2.75) is 18.4 Å². The summed E-state index contributed by atoms with van der Waals surface area (Å²) in [7, 11) is 0. The lowest BCUT2D eigenvalue weighted by Gasteiger charge is -2.29. The number of nitrogens with zero attached hydrogens (tertiary/aromatic N) is 3.